The lowest BCUT2D eigenvalue weighted by atomic mass is 9.93. The van der Waals surface area contributed by atoms with Gasteiger partial charge in [-0.25, -0.2) is 4.98 Å². The molecule has 0 saturated heterocycles. The third-order valence-electron chi connectivity index (χ3n) is 3.68. The summed E-state index contributed by atoms with van der Waals surface area (Å²) in [6.45, 7) is 9.16. The molecular formula is C14H21N3. The summed E-state index contributed by atoms with van der Waals surface area (Å²) in [6, 6.07) is 4.22. The average Bonchev–Trinajstić information content (AvgIpc) is 2.63. The van der Waals surface area contributed by atoms with E-state index in [9.17, 15) is 0 Å². The summed E-state index contributed by atoms with van der Waals surface area (Å²) < 4.78 is 2.19. The van der Waals surface area contributed by atoms with Crippen molar-refractivity contribution in [1.29, 1.82) is 0 Å². The van der Waals surface area contributed by atoms with Crippen LogP contribution in [0.5, 0.6) is 0 Å². The van der Waals surface area contributed by atoms with Crippen molar-refractivity contribution in [1.82, 2.24) is 9.55 Å². The zero-order valence-electron chi connectivity index (χ0n) is 11.3. The van der Waals surface area contributed by atoms with Gasteiger partial charge in [0.25, 0.3) is 0 Å². The molecule has 1 aromatic heterocycles. The Morgan fingerprint density at radius 1 is 1.29 bits per heavy atom. The predicted octanol–water partition coefficient (Wildman–Crippen LogP) is 2.43. The van der Waals surface area contributed by atoms with Gasteiger partial charge in [0.15, 0.2) is 0 Å². The van der Waals surface area contributed by atoms with Gasteiger partial charge < -0.3 is 10.3 Å². The second kappa shape index (κ2) is 3.84. The Morgan fingerprint density at radius 3 is 2.53 bits per heavy atom. The first-order valence-electron chi connectivity index (χ1n) is 6.01. The van der Waals surface area contributed by atoms with Gasteiger partial charge in [-0.15, -0.1) is 0 Å². The van der Waals surface area contributed by atoms with E-state index in [-0.39, 0.29) is 5.41 Å². The van der Waals surface area contributed by atoms with E-state index in [1.54, 1.807) is 0 Å². The number of imidazole rings is 1. The summed E-state index contributed by atoms with van der Waals surface area (Å²) in [5.74, 6) is 1.06. The number of hydrogen-bond acceptors (Lipinski definition) is 2. The standard InChI is InChI=1S/C14H21N3/c1-9-6-7-11-12(10(9)2)17(5)13(16-11)14(3,4)8-15/h6-7H,8,15H2,1-5H3. The summed E-state index contributed by atoms with van der Waals surface area (Å²) in [7, 11) is 2.08. The maximum atomic E-state index is 5.84. The lowest BCUT2D eigenvalue weighted by molar-refractivity contribution is 0.487. The highest BCUT2D eigenvalue weighted by Gasteiger charge is 2.25. The lowest BCUT2D eigenvalue weighted by Gasteiger charge is -2.21. The monoisotopic (exact) mass is 231 g/mol. The number of benzene rings is 1. The Balaban J connectivity index is 2.78. The minimum absolute atomic E-state index is 0.0892. The fourth-order valence-corrected chi connectivity index (χ4v) is 2.29. The quantitative estimate of drug-likeness (QED) is 0.862. The molecule has 0 atom stereocenters. The Hall–Kier alpha value is -1.35. The number of aromatic nitrogens is 2. The van der Waals surface area contributed by atoms with Gasteiger partial charge in [-0.1, -0.05) is 19.9 Å². The van der Waals surface area contributed by atoms with Crippen LogP contribution in [0.15, 0.2) is 12.1 Å². The molecule has 0 radical (unpaired) electrons. The highest BCUT2D eigenvalue weighted by molar-refractivity contribution is 5.81. The van der Waals surface area contributed by atoms with Crippen LogP contribution in [0.1, 0.15) is 30.8 Å². The van der Waals surface area contributed by atoms with Gasteiger partial charge in [0.05, 0.1) is 11.0 Å². The van der Waals surface area contributed by atoms with Gasteiger partial charge in [0.2, 0.25) is 0 Å². The average molecular weight is 231 g/mol. The van der Waals surface area contributed by atoms with Crippen molar-refractivity contribution < 1.29 is 0 Å². The second-order valence-corrected chi connectivity index (χ2v) is 5.46. The van der Waals surface area contributed by atoms with Crippen molar-refractivity contribution in [2.75, 3.05) is 6.54 Å². The first-order chi connectivity index (χ1) is 7.88. The number of nitrogens with two attached hydrogens (primary N) is 1. The molecule has 0 fully saturated rings. The number of rotatable bonds is 2. The van der Waals surface area contributed by atoms with Crippen molar-refractivity contribution >= 4 is 11.0 Å². The fourth-order valence-electron chi connectivity index (χ4n) is 2.29. The molecule has 0 unspecified atom stereocenters. The highest BCUT2D eigenvalue weighted by atomic mass is 15.1. The first-order valence-corrected chi connectivity index (χ1v) is 6.01. The zero-order chi connectivity index (χ0) is 12.8. The summed E-state index contributed by atoms with van der Waals surface area (Å²) in [5.41, 5.74) is 10.6. The molecule has 0 aliphatic heterocycles. The normalized spacial score (nSPS) is 12.4. The number of hydrogen-bond donors (Lipinski definition) is 1. The molecule has 3 nitrogen and oxygen atoms in total. The van der Waals surface area contributed by atoms with Crippen molar-refractivity contribution in [3.05, 3.63) is 29.1 Å². The molecule has 0 aliphatic carbocycles. The highest BCUT2D eigenvalue weighted by Crippen LogP contribution is 2.27. The van der Waals surface area contributed by atoms with Crippen LogP contribution in [0, 0.1) is 13.8 Å². The first kappa shape index (κ1) is 12.1. The third kappa shape index (κ3) is 1.75. The van der Waals surface area contributed by atoms with Crippen LogP contribution < -0.4 is 5.73 Å². The van der Waals surface area contributed by atoms with Gasteiger partial charge in [-0.3, -0.25) is 0 Å². The van der Waals surface area contributed by atoms with Crippen LogP contribution in [0.25, 0.3) is 11.0 Å². The van der Waals surface area contributed by atoms with Gasteiger partial charge >= 0.3 is 0 Å². The van der Waals surface area contributed by atoms with Crippen LogP contribution in [-0.2, 0) is 12.5 Å². The fraction of sp³-hybridized carbons (Fsp3) is 0.500. The summed E-state index contributed by atoms with van der Waals surface area (Å²) >= 11 is 0. The number of fused-ring (bicyclic) bond motifs is 1. The van der Waals surface area contributed by atoms with Crippen LogP contribution in [-0.4, -0.2) is 16.1 Å². The summed E-state index contributed by atoms with van der Waals surface area (Å²) in [5, 5.41) is 0. The number of aryl methyl sites for hydroxylation is 3. The van der Waals surface area contributed by atoms with E-state index >= 15 is 0 Å². The minimum atomic E-state index is -0.0892. The molecule has 0 aliphatic rings. The van der Waals surface area contributed by atoms with E-state index in [2.05, 4.69) is 51.4 Å². The van der Waals surface area contributed by atoms with Crippen LogP contribution >= 0.6 is 0 Å². The molecule has 92 valence electrons. The van der Waals surface area contributed by atoms with E-state index in [1.807, 2.05) is 0 Å². The summed E-state index contributed by atoms with van der Waals surface area (Å²) in [4.78, 5) is 4.74. The van der Waals surface area contributed by atoms with Gasteiger partial charge in [-0.05, 0) is 31.0 Å². The largest absolute Gasteiger partial charge is 0.330 e. The van der Waals surface area contributed by atoms with Gasteiger partial charge in [0.1, 0.15) is 5.82 Å². The zero-order valence-corrected chi connectivity index (χ0v) is 11.3. The maximum Gasteiger partial charge on any atom is 0.116 e. The molecular weight excluding hydrogens is 210 g/mol. The van der Waals surface area contributed by atoms with Crippen LogP contribution in [0.4, 0.5) is 0 Å². The molecule has 0 spiro atoms. The van der Waals surface area contributed by atoms with Gasteiger partial charge in [0, 0.05) is 19.0 Å². The second-order valence-electron chi connectivity index (χ2n) is 5.46. The van der Waals surface area contributed by atoms with E-state index < -0.39 is 0 Å². The molecule has 17 heavy (non-hydrogen) atoms. The van der Waals surface area contributed by atoms with Crippen LogP contribution in [0.2, 0.25) is 0 Å². The van der Waals surface area contributed by atoms with Crippen LogP contribution in [0.3, 0.4) is 0 Å². The lowest BCUT2D eigenvalue weighted by Crippen LogP contribution is -2.31. The Kier molecular flexibility index (Phi) is 2.74. The molecule has 1 aromatic carbocycles. The summed E-state index contributed by atoms with van der Waals surface area (Å²) in [6.07, 6.45) is 0. The Bertz CT molecular complexity index is 564. The van der Waals surface area contributed by atoms with E-state index in [1.165, 1.54) is 16.6 Å². The Morgan fingerprint density at radius 2 is 1.94 bits per heavy atom. The van der Waals surface area contributed by atoms with E-state index in [4.69, 9.17) is 10.7 Å². The number of nitrogens with zero attached hydrogens (tertiary/aromatic N) is 2. The van der Waals surface area contributed by atoms with Crippen molar-refractivity contribution in [2.24, 2.45) is 12.8 Å². The molecule has 1 heterocycles. The topological polar surface area (TPSA) is 43.8 Å². The third-order valence-corrected chi connectivity index (χ3v) is 3.68. The van der Waals surface area contributed by atoms with Crippen molar-refractivity contribution in [3.63, 3.8) is 0 Å². The molecule has 2 aromatic rings. The van der Waals surface area contributed by atoms with E-state index in [0.717, 1.165) is 11.3 Å². The maximum absolute atomic E-state index is 5.84. The molecule has 0 bridgehead atoms. The smallest absolute Gasteiger partial charge is 0.116 e. The van der Waals surface area contributed by atoms with Gasteiger partial charge in [-0.2, -0.15) is 0 Å². The van der Waals surface area contributed by atoms with E-state index in [0.29, 0.717) is 6.54 Å². The predicted molar refractivity (Wildman–Crippen MR) is 72.3 cm³/mol. The molecule has 2 rings (SSSR count). The molecule has 3 heteroatoms. The molecule has 2 N–H and O–H groups in total. The molecule has 0 amide bonds. The SMILES string of the molecule is Cc1ccc2nc(C(C)(C)CN)n(C)c2c1C. The molecule has 0 saturated carbocycles. The van der Waals surface area contributed by atoms with Crippen molar-refractivity contribution in [2.45, 2.75) is 33.1 Å². The van der Waals surface area contributed by atoms with Crippen molar-refractivity contribution in [3.8, 4) is 0 Å². The minimum Gasteiger partial charge on any atom is -0.330 e. The Labute approximate surface area is 103 Å².